The highest BCUT2D eigenvalue weighted by Crippen LogP contribution is 2.23. The Hall–Kier alpha value is -1.24. The Balaban J connectivity index is 2.52. The van der Waals surface area contributed by atoms with Crippen molar-refractivity contribution in [1.29, 1.82) is 0 Å². The minimum atomic E-state index is -4.39. The molecule has 3 nitrogen and oxygen atoms in total. The van der Waals surface area contributed by atoms with Crippen LogP contribution < -0.4 is 5.32 Å². The maximum Gasteiger partial charge on any atom is 0.405 e. The molecule has 0 radical (unpaired) electrons. The van der Waals surface area contributed by atoms with Crippen molar-refractivity contribution in [1.82, 2.24) is 10.2 Å². The smallest absolute Gasteiger partial charge is 0.329 e. The summed E-state index contributed by atoms with van der Waals surface area (Å²) in [5, 5.41) is 3.69. The van der Waals surface area contributed by atoms with E-state index in [4.69, 9.17) is 0 Å². The van der Waals surface area contributed by atoms with E-state index in [2.05, 4.69) is 0 Å². The van der Waals surface area contributed by atoms with Crippen LogP contribution >= 0.6 is 11.3 Å². The lowest BCUT2D eigenvalue weighted by Crippen LogP contribution is -2.42. The van der Waals surface area contributed by atoms with Crippen molar-refractivity contribution in [2.75, 3.05) is 13.6 Å². The fourth-order valence-electron chi connectivity index (χ4n) is 1.20. The zero-order valence-corrected chi connectivity index (χ0v) is 10.2. The quantitative estimate of drug-likeness (QED) is 0.896. The average Bonchev–Trinajstić information content (AvgIpc) is 2.76. The zero-order chi connectivity index (χ0) is 13.1. The van der Waals surface area contributed by atoms with Crippen LogP contribution in [0.3, 0.4) is 0 Å². The Labute approximate surface area is 101 Å². The van der Waals surface area contributed by atoms with Gasteiger partial charge in [0.2, 0.25) is 0 Å². The maximum absolute atomic E-state index is 11.9. The number of rotatable bonds is 3. The van der Waals surface area contributed by atoms with E-state index in [0.29, 0.717) is 0 Å². The third-order valence-corrected chi connectivity index (χ3v) is 3.34. The lowest BCUT2D eigenvalue weighted by atomic mass is 10.2. The monoisotopic (exact) mass is 266 g/mol. The van der Waals surface area contributed by atoms with Gasteiger partial charge in [0.1, 0.15) is 6.54 Å². The predicted octanol–water partition coefficient (Wildman–Crippen LogP) is 3.01. The number of carbonyl (C=O) groups excluding carboxylic acids is 1. The summed E-state index contributed by atoms with van der Waals surface area (Å²) in [4.78, 5) is 13.6. The van der Waals surface area contributed by atoms with Crippen LogP contribution in [0.5, 0.6) is 0 Å². The van der Waals surface area contributed by atoms with E-state index < -0.39 is 18.8 Å². The van der Waals surface area contributed by atoms with Gasteiger partial charge in [0.25, 0.3) is 0 Å². The van der Waals surface area contributed by atoms with Crippen molar-refractivity contribution in [3.05, 3.63) is 22.4 Å². The van der Waals surface area contributed by atoms with E-state index in [-0.39, 0.29) is 6.04 Å². The molecule has 0 aliphatic carbocycles. The number of urea groups is 1. The number of carbonyl (C=O) groups is 1. The van der Waals surface area contributed by atoms with Gasteiger partial charge >= 0.3 is 12.2 Å². The first-order valence-electron chi connectivity index (χ1n) is 4.92. The molecule has 0 aliphatic heterocycles. The van der Waals surface area contributed by atoms with E-state index in [9.17, 15) is 18.0 Å². The molecule has 96 valence electrons. The molecule has 0 spiro atoms. The number of halogens is 3. The number of nitrogens with zero attached hydrogens (tertiary/aromatic N) is 1. The van der Waals surface area contributed by atoms with Gasteiger partial charge in [-0.25, -0.2) is 4.79 Å². The third-order valence-electron chi connectivity index (χ3n) is 2.30. The second-order valence-corrected chi connectivity index (χ2v) is 4.56. The molecule has 2 amide bonds. The van der Waals surface area contributed by atoms with E-state index in [1.54, 1.807) is 6.92 Å². The molecule has 1 unspecified atom stereocenters. The van der Waals surface area contributed by atoms with Crippen molar-refractivity contribution in [2.45, 2.75) is 19.1 Å². The van der Waals surface area contributed by atoms with Crippen molar-refractivity contribution in [2.24, 2.45) is 0 Å². The Morgan fingerprint density at radius 2 is 2.24 bits per heavy atom. The summed E-state index contributed by atoms with van der Waals surface area (Å²) in [6.07, 6.45) is -4.39. The standard InChI is InChI=1S/C10H13F3N2OS/c1-7(8-4-3-5-17-8)15(2)9(16)14-6-10(11,12)13/h3-5,7H,6H2,1-2H3,(H,14,16). The first-order valence-corrected chi connectivity index (χ1v) is 5.80. The molecule has 0 bridgehead atoms. The minimum Gasteiger partial charge on any atom is -0.329 e. The highest BCUT2D eigenvalue weighted by atomic mass is 32.1. The van der Waals surface area contributed by atoms with E-state index >= 15 is 0 Å². The van der Waals surface area contributed by atoms with Crippen molar-refractivity contribution in [3.63, 3.8) is 0 Å². The average molecular weight is 266 g/mol. The molecule has 1 aromatic rings. The summed E-state index contributed by atoms with van der Waals surface area (Å²) in [6.45, 7) is 0.451. The Morgan fingerprint density at radius 3 is 2.71 bits per heavy atom. The van der Waals surface area contributed by atoms with Gasteiger partial charge in [-0.1, -0.05) is 6.07 Å². The molecule has 7 heteroatoms. The molecule has 0 fully saturated rings. The normalized spacial score (nSPS) is 13.2. The van der Waals surface area contributed by atoms with Gasteiger partial charge in [0.15, 0.2) is 0 Å². The largest absolute Gasteiger partial charge is 0.405 e. The summed E-state index contributed by atoms with van der Waals surface area (Å²) < 4.78 is 35.8. The van der Waals surface area contributed by atoms with Crippen LogP contribution in [0.1, 0.15) is 17.8 Å². The number of amides is 2. The van der Waals surface area contributed by atoms with Gasteiger partial charge < -0.3 is 10.2 Å². The van der Waals surface area contributed by atoms with Crippen LogP contribution in [0, 0.1) is 0 Å². The molecule has 0 aromatic carbocycles. The van der Waals surface area contributed by atoms with Gasteiger partial charge in [0, 0.05) is 11.9 Å². The molecular weight excluding hydrogens is 253 g/mol. The first kappa shape index (κ1) is 13.8. The highest BCUT2D eigenvalue weighted by molar-refractivity contribution is 7.10. The predicted molar refractivity (Wildman–Crippen MR) is 60.0 cm³/mol. The van der Waals surface area contributed by atoms with Gasteiger partial charge in [-0.15, -0.1) is 11.3 Å². The lowest BCUT2D eigenvalue weighted by Gasteiger charge is -2.24. The minimum absolute atomic E-state index is 0.247. The molecule has 1 atom stereocenters. The number of hydrogen-bond donors (Lipinski definition) is 1. The van der Waals surface area contributed by atoms with Crippen LogP contribution in [0.2, 0.25) is 0 Å². The molecule has 0 saturated carbocycles. The Kier molecular flexibility index (Phi) is 4.39. The fourth-order valence-corrected chi connectivity index (χ4v) is 2.02. The van der Waals surface area contributed by atoms with Gasteiger partial charge in [-0.3, -0.25) is 0 Å². The summed E-state index contributed by atoms with van der Waals surface area (Å²) in [5.41, 5.74) is 0. The Bertz CT molecular complexity index is 364. The van der Waals surface area contributed by atoms with E-state index in [1.165, 1.54) is 23.3 Å². The summed E-state index contributed by atoms with van der Waals surface area (Å²) in [7, 11) is 1.47. The number of nitrogens with one attached hydrogen (secondary N) is 1. The highest BCUT2D eigenvalue weighted by Gasteiger charge is 2.29. The number of hydrogen-bond acceptors (Lipinski definition) is 2. The molecule has 1 heterocycles. The number of alkyl halides is 3. The van der Waals surface area contributed by atoms with E-state index in [0.717, 1.165) is 4.88 Å². The van der Waals surface area contributed by atoms with Crippen molar-refractivity contribution in [3.8, 4) is 0 Å². The van der Waals surface area contributed by atoms with Crippen molar-refractivity contribution < 1.29 is 18.0 Å². The Morgan fingerprint density at radius 1 is 1.59 bits per heavy atom. The van der Waals surface area contributed by atoms with E-state index in [1.807, 2.05) is 22.8 Å². The summed E-state index contributed by atoms with van der Waals surface area (Å²) in [6, 6.07) is 2.69. The zero-order valence-electron chi connectivity index (χ0n) is 9.41. The van der Waals surface area contributed by atoms with Gasteiger partial charge in [-0.2, -0.15) is 13.2 Å². The van der Waals surface area contributed by atoms with Crippen LogP contribution in [-0.2, 0) is 0 Å². The molecule has 1 rings (SSSR count). The SMILES string of the molecule is CC(c1cccs1)N(C)C(=O)NCC(F)(F)F. The molecule has 17 heavy (non-hydrogen) atoms. The molecule has 1 N–H and O–H groups in total. The topological polar surface area (TPSA) is 32.3 Å². The van der Waals surface area contributed by atoms with Gasteiger partial charge in [0.05, 0.1) is 6.04 Å². The fraction of sp³-hybridized carbons (Fsp3) is 0.500. The summed E-state index contributed by atoms with van der Waals surface area (Å²) in [5.74, 6) is 0. The number of thiophene rings is 1. The first-order chi connectivity index (χ1) is 7.81. The molecule has 1 aromatic heterocycles. The van der Waals surface area contributed by atoms with Crippen LogP contribution in [0.4, 0.5) is 18.0 Å². The molecule has 0 aliphatic rings. The van der Waals surface area contributed by atoms with Gasteiger partial charge in [-0.05, 0) is 18.4 Å². The van der Waals surface area contributed by atoms with Crippen LogP contribution in [0.15, 0.2) is 17.5 Å². The van der Waals surface area contributed by atoms with Crippen LogP contribution in [0.25, 0.3) is 0 Å². The molecule has 0 saturated heterocycles. The maximum atomic E-state index is 11.9. The second kappa shape index (κ2) is 5.39. The van der Waals surface area contributed by atoms with Crippen LogP contribution in [-0.4, -0.2) is 30.7 Å². The lowest BCUT2D eigenvalue weighted by molar-refractivity contribution is -0.123. The second-order valence-electron chi connectivity index (χ2n) is 3.58. The third kappa shape index (κ3) is 4.26. The summed E-state index contributed by atoms with van der Waals surface area (Å²) >= 11 is 1.46. The van der Waals surface area contributed by atoms with Crippen molar-refractivity contribution >= 4 is 17.4 Å². The molecular formula is C10H13F3N2OS.